The molecule has 0 spiro atoms. The van der Waals surface area contributed by atoms with Crippen LogP contribution in [0.1, 0.15) is 211 Å². The fraction of sp³-hybridized carbons (Fsp3) is 0.231. The van der Waals surface area contributed by atoms with E-state index < -0.39 is 76.8 Å². The molecule has 0 saturated heterocycles. The zero-order chi connectivity index (χ0) is 82.3. The van der Waals surface area contributed by atoms with E-state index in [-0.39, 0.29) is 22.4 Å². The Morgan fingerprint density at radius 2 is 0.403 bits per heavy atom. The lowest BCUT2D eigenvalue weighted by Gasteiger charge is -2.26. The first-order valence-corrected chi connectivity index (χ1v) is 41.7. The van der Waals surface area contributed by atoms with E-state index in [1.165, 1.54) is 6.08 Å². The highest BCUT2D eigenvalue weighted by atomic mass is 19.2. The highest BCUT2D eigenvalue weighted by Crippen LogP contribution is 2.53. The molecule has 6 atom stereocenters. The van der Waals surface area contributed by atoms with Gasteiger partial charge in [0.1, 0.15) is 71.1 Å². The van der Waals surface area contributed by atoms with Crippen molar-refractivity contribution in [3.05, 3.63) is 346 Å². The van der Waals surface area contributed by atoms with Gasteiger partial charge in [0.05, 0.1) is 45.0 Å². The van der Waals surface area contributed by atoms with Crippen LogP contribution >= 0.6 is 0 Å². The smallest absolute Gasteiger partial charge is 0.200 e. The predicted octanol–water partition coefficient (Wildman–Crippen LogP) is 29.5. The van der Waals surface area contributed by atoms with Crippen molar-refractivity contribution < 1.29 is 50.4 Å². The molecule has 15 rings (SSSR count). The van der Waals surface area contributed by atoms with E-state index >= 15 is 22.0 Å². The monoisotopic (exact) mass is 1590 g/mol. The zero-order valence-electron chi connectivity index (χ0n) is 67.8. The number of H-pyrrole nitrogens is 2. The lowest BCUT2D eigenvalue weighted by molar-refractivity contribution is 0.184. The van der Waals surface area contributed by atoms with Crippen molar-refractivity contribution in [3.63, 3.8) is 0 Å². The van der Waals surface area contributed by atoms with Gasteiger partial charge >= 0.3 is 0 Å². The van der Waals surface area contributed by atoms with E-state index in [0.29, 0.717) is 129 Å². The Labute approximate surface area is 693 Å². The fourth-order valence-corrected chi connectivity index (χ4v) is 16.2. The summed E-state index contributed by atoms with van der Waals surface area (Å²) in [5.41, 5.74) is 8.84. The molecule has 0 fully saturated rings. The third kappa shape index (κ3) is 17.8. The first kappa shape index (κ1) is 81.4. The topological polar surface area (TPSA) is 113 Å². The Hall–Kier alpha value is -12.8. The molecular weight excluding hydrogens is 1500 g/mol. The van der Waals surface area contributed by atoms with Gasteiger partial charge in [-0.25, -0.2) is 31.9 Å². The van der Waals surface area contributed by atoms with Gasteiger partial charge in [-0.15, -0.1) is 0 Å². The molecule has 5 heterocycles. The molecule has 10 aromatic carbocycles. The van der Waals surface area contributed by atoms with Gasteiger partial charge in [-0.1, -0.05) is 280 Å². The third-order valence-electron chi connectivity index (χ3n) is 21.9. The van der Waals surface area contributed by atoms with Crippen LogP contribution in [0.5, 0.6) is 34.5 Å². The van der Waals surface area contributed by atoms with E-state index in [9.17, 15) is 0 Å². The Balaban J connectivity index is 1.14. The fourth-order valence-electron chi connectivity index (χ4n) is 16.2. The molecule has 0 unspecified atom stereocenters. The van der Waals surface area contributed by atoms with Crippen LogP contribution in [0.3, 0.4) is 0 Å². The van der Waals surface area contributed by atoms with Crippen molar-refractivity contribution in [2.24, 2.45) is 0 Å². The molecular formula is C104H97F5N4O6. The molecule has 2 aliphatic rings. The Bertz CT molecular complexity index is 5520. The summed E-state index contributed by atoms with van der Waals surface area (Å²) in [4.78, 5) is 18.9. The molecule has 0 radical (unpaired) electrons. The zero-order valence-corrected chi connectivity index (χ0v) is 67.8. The van der Waals surface area contributed by atoms with Crippen LogP contribution in [0.25, 0.3) is 90.9 Å². The van der Waals surface area contributed by atoms with Gasteiger partial charge < -0.3 is 38.4 Å². The van der Waals surface area contributed by atoms with Crippen molar-refractivity contribution in [1.82, 2.24) is 19.9 Å². The van der Waals surface area contributed by atoms with Crippen molar-refractivity contribution in [2.75, 3.05) is 0 Å². The van der Waals surface area contributed by atoms with Crippen LogP contribution in [0, 0.1) is 29.1 Å². The van der Waals surface area contributed by atoms with E-state index in [1.54, 1.807) is 18.2 Å². The molecule has 0 amide bonds. The number of nitrogens with zero attached hydrogens (tertiary/aromatic N) is 2. The number of aromatic nitrogens is 4. The predicted molar refractivity (Wildman–Crippen MR) is 469 cm³/mol. The normalized spacial score (nSPS) is 13.3. The molecule has 0 aliphatic carbocycles. The van der Waals surface area contributed by atoms with Gasteiger partial charge in [-0.05, 0) is 157 Å². The number of fused-ring (bicyclic) bond motifs is 8. The Morgan fingerprint density at radius 1 is 0.218 bits per heavy atom. The highest BCUT2D eigenvalue weighted by molar-refractivity contribution is 6.03. The van der Waals surface area contributed by atoms with Gasteiger partial charge in [0, 0.05) is 44.3 Å². The molecule has 2 aliphatic heterocycles. The van der Waals surface area contributed by atoms with Crippen LogP contribution in [0.15, 0.2) is 261 Å². The van der Waals surface area contributed by atoms with Gasteiger partial charge in [0.25, 0.3) is 0 Å². The number of hydrogen-bond donors (Lipinski definition) is 2. The quantitative estimate of drug-likeness (QED) is 0.0233. The second kappa shape index (κ2) is 38.1. The van der Waals surface area contributed by atoms with Crippen LogP contribution < -0.4 is 28.4 Å². The summed E-state index contributed by atoms with van der Waals surface area (Å²) in [6.07, 6.45) is 12.5. The first-order valence-electron chi connectivity index (χ1n) is 41.7. The third-order valence-corrected chi connectivity index (χ3v) is 21.9. The number of aromatic amines is 2. The summed E-state index contributed by atoms with van der Waals surface area (Å²) < 4.78 is 129. The van der Waals surface area contributed by atoms with Crippen molar-refractivity contribution in [1.29, 1.82) is 0 Å². The van der Waals surface area contributed by atoms with Gasteiger partial charge in [0.2, 0.25) is 5.82 Å². The molecule has 604 valence electrons. The Kier molecular flexibility index (Phi) is 26.1. The summed E-state index contributed by atoms with van der Waals surface area (Å²) in [7, 11) is 0. The second-order valence-electron chi connectivity index (χ2n) is 30.2. The second-order valence-corrected chi connectivity index (χ2v) is 30.2. The minimum absolute atomic E-state index is 0.0707. The molecule has 119 heavy (non-hydrogen) atoms. The Morgan fingerprint density at radius 3 is 0.597 bits per heavy atom. The minimum Gasteiger partial charge on any atom is -0.485 e. The summed E-state index contributed by atoms with van der Waals surface area (Å²) in [5, 5.41) is 0. The van der Waals surface area contributed by atoms with Crippen molar-refractivity contribution >= 4 is 46.4 Å². The van der Waals surface area contributed by atoms with Crippen LogP contribution in [-0.4, -0.2) is 19.9 Å². The van der Waals surface area contributed by atoms with Gasteiger partial charge in [0.15, 0.2) is 23.3 Å². The average Bonchev–Trinajstić information content (AvgIpc) is 1.62. The molecule has 15 heteroatoms. The largest absolute Gasteiger partial charge is 0.485 e. The van der Waals surface area contributed by atoms with E-state index in [2.05, 4.69) is 75.8 Å². The summed E-state index contributed by atoms with van der Waals surface area (Å²) >= 11 is 0. The van der Waals surface area contributed by atoms with Gasteiger partial charge in [-0.2, -0.15) is 0 Å². The molecule has 8 bridgehead atoms. The molecule has 2 N–H and O–H groups in total. The number of benzene rings is 10. The average molecular weight is 1590 g/mol. The highest BCUT2D eigenvalue weighted by Gasteiger charge is 2.34. The number of halogens is 5. The SMILES string of the molecule is CCC[C@@H](Oc1cccc(O[C@H](CCC)c2ccccc2)c1-c1c2nc(c(-c3c(O[C@H](CCC)c4ccccc4)cccc3O[C@H](CCC)c3ccccc3)c3ccc([nH]3)c(-c3c(F)c(F)c(F)c(F)c3F)c3nc(c(-c4c(O[C@H](CCC)c5ccccc5)cccc4O[C@H](CCC)c4ccccc4)c4ccc1[nH]4)C=C3)C=C2)c1ccccc1. The van der Waals surface area contributed by atoms with E-state index in [0.717, 1.165) is 71.9 Å². The molecule has 3 aromatic heterocycles. The lowest BCUT2D eigenvalue weighted by atomic mass is 9.99. The van der Waals surface area contributed by atoms with Gasteiger partial charge in [-0.3, -0.25) is 0 Å². The van der Waals surface area contributed by atoms with Crippen LogP contribution in [0.4, 0.5) is 22.0 Å². The maximum absolute atomic E-state index is 17.6. The van der Waals surface area contributed by atoms with E-state index in [4.69, 9.17) is 38.4 Å². The number of hydrogen-bond acceptors (Lipinski definition) is 8. The lowest BCUT2D eigenvalue weighted by Crippen LogP contribution is -2.11. The molecule has 0 saturated carbocycles. The van der Waals surface area contributed by atoms with Crippen molar-refractivity contribution in [3.8, 4) is 79.0 Å². The maximum atomic E-state index is 17.6. The van der Waals surface area contributed by atoms with E-state index in [1.807, 2.05) is 237 Å². The number of rotatable bonds is 34. The maximum Gasteiger partial charge on any atom is 0.200 e. The van der Waals surface area contributed by atoms with Crippen LogP contribution in [-0.2, 0) is 0 Å². The molecule has 10 nitrogen and oxygen atoms in total. The standard InChI is InChI=1S/C104H97F5N4O6/c1-7-34-80(66-40-19-13-20-41-66)114-86-52-31-53-87(115-81(35-8-2)67-42-21-14-22-43-67)96(86)92-72-58-60-74(110-72)93(97-88(116-82(36-9-3)68-44-23-15-24-45-68)54-32-55-89(97)117-83(37-10-4)69-46-25-16-26-47-69)76-62-64-78(112-76)95(99-100(105)102(107)104(109)103(108)101(99)106)79-65-63-77(113-79)94(75-61-59-73(92)111-75)98-90(118-84(38-11-5)70-48-27-17-28-49-70)56-33-57-91(98)119-85(39-12-6)71-50-29-18-30-51-71/h13-33,40-65,80-85,110,113H,7-12,34-39H2,1-6H3/t80-,81-,82-,83-,84-,85-/m1/s1. The first-order chi connectivity index (χ1) is 58.4. The number of ether oxygens (including phenoxy) is 6. The van der Waals surface area contributed by atoms with Crippen LogP contribution in [0.2, 0.25) is 0 Å². The number of nitrogens with one attached hydrogen (secondary N) is 2. The molecule has 13 aromatic rings. The summed E-state index contributed by atoms with van der Waals surface area (Å²) in [5.74, 6) is -8.15. The summed E-state index contributed by atoms with van der Waals surface area (Å²) in [6, 6.07) is 85.0. The summed E-state index contributed by atoms with van der Waals surface area (Å²) in [6.45, 7) is 12.7. The van der Waals surface area contributed by atoms with Crippen molar-refractivity contribution in [2.45, 2.75) is 155 Å². The minimum atomic E-state index is -2.32.